The normalized spacial score (nSPS) is 11.5. The summed E-state index contributed by atoms with van der Waals surface area (Å²) in [5, 5.41) is 22.9. The van der Waals surface area contributed by atoms with Crippen LogP contribution < -0.4 is 30.7 Å². The molecular weight excluding hydrogens is 1030 g/mol. The van der Waals surface area contributed by atoms with Gasteiger partial charge in [-0.2, -0.15) is 0 Å². The molecule has 0 radical (unpaired) electrons. The maximum absolute atomic E-state index is 12.6. The Kier molecular flexibility index (Phi) is 13.8. The highest BCUT2D eigenvalue weighted by Gasteiger charge is 2.32. The number of hydrogen-bond acceptors (Lipinski definition) is 8. The van der Waals surface area contributed by atoms with E-state index in [4.69, 9.17) is 24.4 Å². The van der Waals surface area contributed by atoms with Crippen molar-refractivity contribution in [3.8, 4) is 68.2 Å². The molecule has 0 aliphatic rings. The Morgan fingerprint density at radius 2 is 0.947 bits per heavy atom. The molecule has 14 nitrogen and oxygen atoms in total. The minimum absolute atomic E-state index is 0.334. The van der Waals surface area contributed by atoms with Gasteiger partial charge in [0.25, 0.3) is 0 Å². The molecule has 0 saturated carbocycles. The number of nitrogens with zero attached hydrogens (tertiary/aromatic N) is 8. The summed E-state index contributed by atoms with van der Waals surface area (Å²) in [4.78, 5) is 8.75. The van der Waals surface area contributed by atoms with E-state index in [0.717, 1.165) is 45.3 Å². The van der Waals surface area contributed by atoms with Crippen molar-refractivity contribution >= 4 is 57.4 Å². The largest absolute Gasteiger partial charge is 0.573 e. The highest BCUT2D eigenvalue weighted by Crippen LogP contribution is 2.33. The molecule has 0 aliphatic carbocycles. The number of halogens is 6. The van der Waals surface area contributed by atoms with Gasteiger partial charge in [-0.1, -0.05) is 18.2 Å². The van der Waals surface area contributed by atoms with Gasteiger partial charge in [0.2, 0.25) is 0 Å². The maximum Gasteiger partial charge on any atom is 0.573 e. The van der Waals surface area contributed by atoms with Crippen molar-refractivity contribution in [2.24, 2.45) is 0 Å². The van der Waals surface area contributed by atoms with E-state index >= 15 is 0 Å². The quantitative estimate of drug-likeness (QED) is 0.0646. The summed E-state index contributed by atoms with van der Waals surface area (Å²) < 4.78 is 90.6. The molecule has 0 atom stereocenters. The summed E-state index contributed by atoms with van der Waals surface area (Å²) >= 11 is 11.6. The Balaban J connectivity index is 0.787. The van der Waals surface area contributed by atoms with Gasteiger partial charge in [0.05, 0.1) is 34.1 Å². The van der Waals surface area contributed by atoms with E-state index in [9.17, 15) is 26.3 Å². The molecule has 0 saturated heterocycles. The van der Waals surface area contributed by atoms with Gasteiger partial charge in [0.1, 0.15) is 24.2 Å². The second kappa shape index (κ2) is 20.9. The lowest BCUT2D eigenvalue weighted by Gasteiger charge is -2.19. The molecule has 382 valence electrons. The molecule has 0 unspecified atom stereocenters. The summed E-state index contributed by atoms with van der Waals surface area (Å²) in [7, 11) is 0. The fourth-order valence-corrected chi connectivity index (χ4v) is 8.64. The Bertz CT molecular complexity index is 3680. The molecule has 0 aliphatic heterocycles. The molecule has 76 heavy (non-hydrogen) atoms. The Morgan fingerprint density at radius 1 is 0.487 bits per heavy atom. The van der Waals surface area contributed by atoms with E-state index in [0.29, 0.717) is 55.8 Å². The standard InChI is InChI=1S/C54H40F6N12O2S2/c1-33-7-8-34(2)72(33)48-29-37(13-26-46(48)66-52(76)64-40-16-11-36(12-17-40)50-62-32-71(68-50)42-20-24-44(25-21-42)74-54(58,59)60)38-27-28-69(30-38)47-6-4-3-5-45(47)65-51(75)63-39-14-9-35(10-15-39)49-61-31-70(67-49)41-18-22-43(23-19-41)73-53(55,56)57/h3-32H,1-2H3,(H2,63,65,75)(H2,64,66,76). The van der Waals surface area contributed by atoms with Gasteiger partial charge in [0, 0.05) is 46.3 Å². The van der Waals surface area contributed by atoms with Crippen LogP contribution in [-0.2, 0) is 0 Å². The molecule has 0 spiro atoms. The summed E-state index contributed by atoms with van der Waals surface area (Å²) in [5.41, 5.74) is 11.2. The van der Waals surface area contributed by atoms with Crippen molar-refractivity contribution in [3.05, 3.63) is 194 Å². The third-order valence-electron chi connectivity index (χ3n) is 11.7. The van der Waals surface area contributed by atoms with E-state index in [1.165, 1.54) is 70.5 Å². The minimum Gasteiger partial charge on any atom is -0.406 e. The number of anilines is 4. The van der Waals surface area contributed by atoms with Crippen molar-refractivity contribution in [1.82, 2.24) is 38.7 Å². The topological polar surface area (TPSA) is 138 Å². The lowest BCUT2D eigenvalue weighted by Crippen LogP contribution is -2.20. The van der Waals surface area contributed by atoms with Crippen LogP contribution >= 0.6 is 24.4 Å². The van der Waals surface area contributed by atoms with Crippen LogP contribution in [0.15, 0.2) is 183 Å². The summed E-state index contributed by atoms with van der Waals surface area (Å²) in [5.74, 6) is 0.168. The van der Waals surface area contributed by atoms with Crippen LogP contribution in [0.3, 0.4) is 0 Å². The molecule has 0 bridgehead atoms. The van der Waals surface area contributed by atoms with E-state index in [1.807, 2.05) is 122 Å². The third kappa shape index (κ3) is 11.9. The molecule has 6 aromatic carbocycles. The number of para-hydroxylation sites is 2. The average Bonchev–Trinajstić information content (AvgIpc) is 4.24. The van der Waals surface area contributed by atoms with Crippen LogP contribution in [0.25, 0.3) is 56.7 Å². The predicted octanol–water partition coefficient (Wildman–Crippen LogP) is 13.5. The number of ether oxygens (including phenoxy) is 2. The molecule has 10 rings (SSSR count). The van der Waals surface area contributed by atoms with Gasteiger partial charge >= 0.3 is 12.7 Å². The first kappa shape index (κ1) is 50.3. The molecule has 4 aromatic heterocycles. The highest BCUT2D eigenvalue weighted by molar-refractivity contribution is 7.81. The number of hydrogen-bond donors (Lipinski definition) is 4. The second-order valence-electron chi connectivity index (χ2n) is 16.9. The minimum atomic E-state index is -4.79. The summed E-state index contributed by atoms with van der Waals surface area (Å²) in [6, 6.07) is 45.5. The maximum atomic E-state index is 12.6. The zero-order valence-corrected chi connectivity index (χ0v) is 41.4. The van der Waals surface area contributed by atoms with Crippen LogP contribution in [0.4, 0.5) is 49.1 Å². The second-order valence-corrected chi connectivity index (χ2v) is 17.7. The van der Waals surface area contributed by atoms with E-state index in [1.54, 1.807) is 0 Å². The third-order valence-corrected chi connectivity index (χ3v) is 12.1. The van der Waals surface area contributed by atoms with Crippen molar-refractivity contribution < 1.29 is 35.8 Å². The molecule has 4 N–H and O–H groups in total. The van der Waals surface area contributed by atoms with Crippen molar-refractivity contribution in [2.75, 3.05) is 21.3 Å². The van der Waals surface area contributed by atoms with Crippen molar-refractivity contribution in [1.29, 1.82) is 0 Å². The lowest BCUT2D eigenvalue weighted by molar-refractivity contribution is -0.275. The van der Waals surface area contributed by atoms with Gasteiger partial charge in [-0.3, -0.25) is 0 Å². The van der Waals surface area contributed by atoms with Crippen LogP contribution in [-0.4, -0.2) is 61.6 Å². The fourth-order valence-electron chi connectivity index (χ4n) is 8.19. The molecule has 0 fully saturated rings. The first-order chi connectivity index (χ1) is 36.5. The van der Waals surface area contributed by atoms with E-state index in [-0.39, 0.29) is 11.5 Å². The number of aromatic nitrogens is 8. The van der Waals surface area contributed by atoms with Gasteiger partial charge in [-0.25, -0.2) is 19.3 Å². The summed E-state index contributed by atoms with van der Waals surface area (Å²) in [6.07, 6.45) is -2.58. The molecule has 10 aromatic rings. The monoisotopic (exact) mass is 1070 g/mol. The van der Waals surface area contributed by atoms with Crippen LogP contribution in [0, 0.1) is 13.8 Å². The van der Waals surface area contributed by atoms with Crippen molar-refractivity contribution in [2.45, 2.75) is 26.6 Å². The number of thiocarbonyl (C=S) groups is 2. The first-order valence-electron chi connectivity index (χ1n) is 23.0. The number of benzene rings is 6. The highest BCUT2D eigenvalue weighted by atomic mass is 32.1. The number of rotatable bonds is 13. The van der Waals surface area contributed by atoms with Gasteiger partial charge in [-0.15, -0.1) is 36.5 Å². The molecule has 0 amide bonds. The number of alkyl halides is 6. The predicted molar refractivity (Wildman–Crippen MR) is 287 cm³/mol. The van der Waals surface area contributed by atoms with Crippen molar-refractivity contribution in [3.63, 3.8) is 0 Å². The van der Waals surface area contributed by atoms with E-state index in [2.05, 4.69) is 73.7 Å². The average molecular weight is 1070 g/mol. The Morgan fingerprint density at radius 3 is 1.43 bits per heavy atom. The Hall–Kier alpha value is -9.28. The Labute approximate surface area is 440 Å². The molecular formula is C54H40F6N12O2S2. The SMILES string of the molecule is Cc1ccc(C)n1-c1cc(-c2ccn(-c3ccccc3NC(=S)Nc3ccc(-c4ncn(-c5ccc(OC(F)(F)F)cc5)n4)cc3)c2)ccc1NC(=S)Nc1ccc(-c2ncn(-c3ccc(OC(F)(F)F)cc3)n2)cc1. The summed E-state index contributed by atoms with van der Waals surface area (Å²) in [6.45, 7) is 4.09. The van der Waals surface area contributed by atoms with E-state index < -0.39 is 12.7 Å². The van der Waals surface area contributed by atoms with Gasteiger partial charge < -0.3 is 39.9 Å². The first-order valence-corrected chi connectivity index (χ1v) is 23.8. The zero-order valence-electron chi connectivity index (χ0n) is 39.8. The van der Waals surface area contributed by atoms with Gasteiger partial charge in [0.15, 0.2) is 21.9 Å². The van der Waals surface area contributed by atoms with Crippen LogP contribution in [0.5, 0.6) is 11.5 Å². The lowest BCUT2D eigenvalue weighted by atomic mass is 10.1. The molecule has 22 heteroatoms. The molecule has 4 heterocycles. The van der Waals surface area contributed by atoms with Crippen LogP contribution in [0.1, 0.15) is 11.4 Å². The van der Waals surface area contributed by atoms with Crippen LogP contribution in [0.2, 0.25) is 0 Å². The number of nitrogens with one attached hydrogen (secondary N) is 4. The van der Waals surface area contributed by atoms with Gasteiger partial charge in [-0.05, 0) is 189 Å². The smallest absolute Gasteiger partial charge is 0.406 e. The number of aryl methyl sites for hydroxylation is 2. The zero-order chi connectivity index (χ0) is 53.1. The fraction of sp³-hybridized carbons (Fsp3) is 0.0741.